The molecule has 1 aliphatic rings. The van der Waals surface area contributed by atoms with E-state index in [0.29, 0.717) is 11.6 Å². The van der Waals surface area contributed by atoms with Gasteiger partial charge < -0.3 is 4.84 Å². The maximum Gasteiger partial charge on any atom is 0.135 e. The number of allylic oxidation sites excluding steroid dienone is 4. The van der Waals surface area contributed by atoms with Crippen LogP contribution >= 0.6 is 11.6 Å². The first-order valence-electron chi connectivity index (χ1n) is 7.21. The van der Waals surface area contributed by atoms with Gasteiger partial charge in [-0.05, 0) is 55.0 Å². The van der Waals surface area contributed by atoms with E-state index in [4.69, 9.17) is 16.4 Å². The topological polar surface area (TPSA) is 21.6 Å². The number of hydrogen-bond donors (Lipinski definition) is 0. The molecule has 0 aromatic heterocycles. The predicted octanol–water partition coefficient (Wildman–Crippen LogP) is 5.02. The quantitative estimate of drug-likeness (QED) is 0.700. The van der Waals surface area contributed by atoms with E-state index in [1.54, 1.807) is 6.08 Å². The fraction of sp³-hybridized carbons (Fsp3) is 0.278. The number of aryl methyl sites for hydroxylation is 1. The molecule has 1 aliphatic heterocycles. The van der Waals surface area contributed by atoms with Crippen LogP contribution in [0.2, 0.25) is 0 Å². The molecule has 0 fully saturated rings. The summed E-state index contributed by atoms with van der Waals surface area (Å²) in [4.78, 5) is 5.25. The molecule has 1 aromatic rings. The summed E-state index contributed by atoms with van der Waals surface area (Å²) in [5.41, 5.74) is 3.08. The third-order valence-corrected chi connectivity index (χ3v) is 3.51. The molecule has 0 N–H and O–H groups in total. The monoisotopic (exact) mass is 301 g/mol. The van der Waals surface area contributed by atoms with E-state index in [9.17, 15) is 0 Å². The minimum atomic E-state index is 0.435. The second-order valence-electron chi connectivity index (χ2n) is 4.98. The average Bonchev–Trinajstić information content (AvgIpc) is 2.56. The van der Waals surface area contributed by atoms with Crippen LogP contribution in [0.1, 0.15) is 24.8 Å². The molecule has 0 saturated heterocycles. The zero-order valence-electron chi connectivity index (χ0n) is 12.1. The molecule has 1 aromatic carbocycles. The summed E-state index contributed by atoms with van der Waals surface area (Å²) in [6.07, 6.45) is 9.59. The largest absolute Gasteiger partial charge is 0.391 e. The molecular formula is C18H20ClNO. The van der Waals surface area contributed by atoms with E-state index >= 15 is 0 Å². The molecule has 2 rings (SSSR count). The van der Waals surface area contributed by atoms with Gasteiger partial charge in [-0.3, -0.25) is 0 Å². The van der Waals surface area contributed by atoms with Crippen LogP contribution < -0.4 is 0 Å². The number of halogens is 1. The van der Waals surface area contributed by atoms with Gasteiger partial charge in [0.2, 0.25) is 0 Å². The molecule has 0 bridgehead atoms. The molecular weight excluding hydrogens is 282 g/mol. The second-order valence-corrected chi connectivity index (χ2v) is 5.42. The summed E-state index contributed by atoms with van der Waals surface area (Å²) in [5.74, 6) is 0. The molecule has 0 radical (unpaired) electrons. The lowest BCUT2D eigenvalue weighted by Gasteiger charge is -2.06. The Balaban J connectivity index is 1.83. The van der Waals surface area contributed by atoms with Crippen LogP contribution in [0.4, 0.5) is 0 Å². The number of benzene rings is 1. The molecule has 110 valence electrons. The lowest BCUT2D eigenvalue weighted by molar-refractivity contribution is 0.174. The minimum absolute atomic E-state index is 0.435. The van der Waals surface area contributed by atoms with Gasteiger partial charge in [-0.25, -0.2) is 0 Å². The van der Waals surface area contributed by atoms with Crippen molar-refractivity contribution in [3.05, 3.63) is 71.3 Å². The van der Waals surface area contributed by atoms with Crippen molar-refractivity contribution < 1.29 is 4.84 Å². The first-order valence-corrected chi connectivity index (χ1v) is 7.59. The SMILES string of the molecule is C=C1/C=C(Cl)\C=C/CO/N=C\1CCCCc1ccccc1. The second kappa shape index (κ2) is 8.48. The molecule has 0 aliphatic carbocycles. The Kier molecular flexibility index (Phi) is 6.29. The van der Waals surface area contributed by atoms with Gasteiger partial charge in [0.05, 0.1) is 5.71 Å². The van der Waals surface area contributed by atoms with Crippen molar-refractivity contribution in [2.75, 3.05) is 6.61 Å². The van der Waals surface area contributed by atoms with Crippen molar-refractivity contribution in [2.24, 2.45) is 5.16 Å². The zero-order valence-corrected chi connectivity index (χ0v) is 12.9. The summed E-state index contributed by atoms with van der Waals surface area (Å²) in [7, 11) is 0. The zero-order chi connectivity index (χ0) is 14.9. The molecule has 0 spiro atoms. The summed E-state index contributed by atoms with van der Waals surface area (Å²) in [5, 5.41) is 4.82. The molecule has 2 nitrogen and oxygen atoms in total. The Morgan fingerprint density at radius 2 is 1.90 bits per heavy atom. The van der Waals surface area contributed by atoms with Gasteiger partial charge in [0, 0.05) is 5.03 Å². The summed E-state index contributed by atoms with van der Waals surface area (Å²) in [6.45, 7) is 4.46. The standard InChI is InChI=1S/C18H20ClNO/c1-15-14-17(19)11-7-13-21-20-18(15)12-6-5-10-16-8-3-2-4-9-16/h2-4,7-9,11,14H,1,5-6,10,12-13H2/b11-7-,17-14+,20-18-. The van der Waals surface area contributed by atoms with Gasteiger partial charge in [0.15, 0.2) is 0 Å². The Morgan fingerprint density at radius 1 is 1.14 bits per heavy atom. The van der Waals surface area contributed by atoms with Gasteiger partial charge in [0.25, 0.3) is 0 Å². The Labute approximate surface area is 131 Å². The Bertz CT molecular complexity index is 558. The van der Waals surface area contributed by atoms with Crippen LogP contribution in [-0.4, -0.2) is 12.3 Å². The predicted molar refractivity (Wildman–Crippen MR) is 89.6 cm³/mol. The molecule has 1 heterocycles. The van der Waals surface area contributed by atoms with E-state index in [0.717, 1.165) is 37.0 Å². The van der Waals surface area contributed by atoms with E-state index in [2.05, 4.69) is 36.0 Å². The highest BCUT2D eigenvalue weighted by atomic mass is 35.5. The molecule has 21 heavy (non-hydrogen) atoms. The highest BCUT2D eigenvalue weighted by Gasteiger charge is 2.06. The van der Waals surface area contributed by atoms with E-state index in [1.165, 1.54) is 5.56 Å². The van der Waals surface area contributed by atoms with Gasteiger partial charge in [-0.1, -0.05) is 53.7 Å². The van der Waals surface area contributed by atoms with E-state index in [1.807, 2.05) is 18.2 Å². The number of hydrogen-bond acceptors (Lipinski definition) is 2. The summed E-state index contributed by atoms with van der Waals surface area (Å²) < 4.78 is 0. The number of oxime groups is 1. The smallest absolute Gasteiger partial charge is 0.135 e. The molecule has 0 amide bonds. The first kappa shape index (κ1) is 15.6. The van der Waals surface area contributed by atoms with Crippen molar-refractivity contribution in [1.29, 1.82) is 0 Å². The third-order valence-electron chi connectivity index (χ3n) is 3.28. The number of unbranched alkanes of at least 4 members (excludes halogenated alkanes) is 1. The van der Waals surface area contributed by atoms with Crippen molar-refractivity contribution in [1.82, 2.24) is 0 Å². The summed E-state index contributed by atoms with van der Waals surface area (Å²) in [6, 6.07) is 10.5. The fourth-order valence-corrected chi connectivity index (χ4v) is 2.37. The van der Waals surface area contributed by atoms with Crippen molar-refractivity contribution >= 4 is 17.3 Å². The van der Waals surface area contributed by atoms with Crippen LogP contribution in [0, 0.1) is 0 Å². The molecule has 0 unspecified atom stereocenters. The highest BCUT2D eigenvalue weighted by Crippen LogP contribution is 2.15. The maximum atomic E-state index is 6.07. The molecule has 0 saturated carbocycles. The first-order chi connectivity index (χ1) is 10.3. The number of nitrogens with zero attached hydrogens (tertiary/aromatic N) is 1. The fourth-order valence-electron chi connectivity index (χ4n) is 2.15. The van der Waals surface area contributed by atoms with Crippen LogP contribution in [0.15, 0.2) is 70.9 Å². The Morgan fingerprint density at radius 3 is 2.71 bits per heavy atom. The van der Waals surface area contributed by atoms with Crippen molar-refractivity contribution in [2.45, 2.75) is 25.7 Å². The Hall–Kier alpha value is -1.80. The lowest BCUT2D eigenvalue weighted by atomic mass is 10.0. The third kappa shape index (κ3) is 5.60. The highest BCUT2D eigenvalue weighted by molar-refractivity contribution is 6.31. The normalized spacial score (nSPS) is 21.9. The van der Waals surface area contributed by atoms with Gasteiger partial charge >= 0.3 is 0 Å². The minimum Gasteiger partial charge on any atom is -0.391 e. The van der Waals surface area contributed by atoms with Gasteiger partial charge in [-0.15, -0.1) is 0 Å². The lowest BCUT2D eigenvalue weighted by Crippen LogP contribution is -2.02. The van der Waals surface area contributed by atoms with Crippen LogP contribution in [0.25, 0.3) is 0 Å². The van der Waals surface area contributed by atoms with Crippen LogP contribution in [0.5, 0.6) is 0 Å². The van der Waals surface area contributed by atoms with Gasteiger partial charge in [-0.2, -0.15) is 0 Å². The van der Waals surface area contributed by atoms with Crippen LogP contribution in [0.3, 0.4) is 0 Å². The van der Waals surface area contributed by atoms with Gasteiger partial charge in [0.1, 0.15) is 6.61 Å². The van der Waals surface area contributed by atoms with Crippen molar-refractivity contribution in [3.63, 3.8) is 0 Å². The summed E-state index contributed by atoms with van der Waals surface area (Å²) >= 11 is 6.07. The van der Waals surface area contributed by atoms with Crippen LogP contribution in [-0.2, 0) is 11.3 Å². The molecule has 3 heteroatoms. The maximum absolute atomic E-state index is 6.07. The average molecular weight is 302 g/mol. The molecule has 0 atom stereocenters. The van der Waals surface area contributed by atoms with Crippen molar-refractivity contribution in [3.8, 4) is 0 Å². The van der Waals surface area contributed by atoms with E-state index in [-0.39, 0.29) is 0 Å². The van der Waals surface area contributed by atoms with E-state index < -0.39 is 0 Å². The number of rotatable bonds is 5.